The van der Waals surface area contributed by atoms with Crippen molar-refractivity contribution in [3.63, 3.8) is 0 Å². The molecule has 0 unspecified atom stereocenters. The molecule has 0 radical (unpaired) electrons. The van der Waals surface area contributed by atoms with E-state index in [1.165, 1.54) is 16.8 Å². The standard InChI is InChI=1S/C16H28N2O/c1-4-8-17-13-15-6-7-16(14(3)12-15)18(9-5-2)10-11-19/h6-7,12,17,19H,4-5,8-11,13H2,1-3H3. The highest BCUT2D eigenvalue weighted by atomic mass is 16.3. The van der Waals surface area contributed by atoms with Gasteiger partial charge >= 0.3 is 0 Å². The summed E-state index contributed by atoms with van der Waals surface area (Å²) in [6.07, 6.45) is 2.26. The number of nitrogens with one attached hydrogen (secondary N) is 1. The van der Waals surface area contributed by atoms with Crippen LogP contribution < -0.4 is 10.2 Å². The fraction of sp³-hybridized carbons (Fsp3) is 0.625. The molecule has 0 aromatic heterocycles. The number of rotatable bonds is 9. The molecule has 0 aliphatic carbocycles. The fourth-order valence-corrected chi connectivity index (χ4v) is 2.34. The van der Waals surface area contributed by atoms with Crippen molar-refractivity contribution in [1.29, 1.82) is 0 Å². The van der Waals surface area contributed by atoms with Crippen molar-refractivity contribution in [2.75, 3.05) is 31.1 Å². The third kappa shape index (κ3) is 5.21. The largest absolute Gasteiger partial charge is 0.395 e. The van der Waals surface area contributed by atoms with Crippen molar-refractivity contribution in [2.45, 2.75) is 40.2 Å². The summed E-state index contributed by atoms with van der Waals surface area (Å²) in [6, 6.07) is 6.62. The van der Waals surface area contributed by atoms with E-state index in [1.54, 1.807) is 0 Å². The van der Waals surface area contributed by atoms with Crippen LogP contribution in [0.4, 0.5) is 5.69 Å². The van der Waals surface area contributed by atoms with E-state index in [9.17, 15) is 0 Å². The minimum Gasteiger partial charge on any atom is -0.395 e. The topological polar surface area (TPSA) is 35.5 Å². The van der Waals surface area contributed by atoms with E-state index in [4.69, 9.17) is 5.11 Å². The first-order valence-corrected chi connectivity index (χ1v) is 7.39. The molecule has 0 saturated heterocycles. The lowest BCUT2D eigenvalue weighted by atomic mass is 10.1. The van der Waals surface area contributed by atoms with Gasteiger partial charge in [0.05, 0.1) is 6.61 Å². The highest BCUT2D eigenvalue weighted by Gasteiger charge is 2.08. The second-order valence-corrected chi connectivity index (χ2v) is 5.01. The predicted octanol–water partition coefficient (Wildman–Crippen LogP) is 2.70. The van der Waals surface area contributed by atoms with Crippen LogP contribution in [-0.2, 0) is 6.54 Å². The Morgan fingerprint density at radius 2 is 1.95 bits per heavy atom. The molecule has 0 heterocycles. The Bertz CT molecular complexity index is 360. The molecule has 3 heteroatoms. The molecule has 0 saturated carbocycles. The van der Waals surface area contributed by atoms with Crippen LogP contribution in [-0.4, -0.2) is 31.3 Å². The molecular formula is C16H28N2O. The molecule has 0 amide bonds. The molecule has 2 N–H and O–H groups in total. The number of hydrogen-bond donors (Lipinski definition) is 2. The summed E-state index contributed by atoms with van der Waals surface area (Å²) < 4.78 is 0. The van der Waals surface area contributed by atoms with Crippen LogP contribution in [0, 0.1) is 6.92 Å². The van der Waals surface area contributed by atoms with E-state index in [1.807, 2.05) is 0 Å². The number of nitrogens with zero attached hydrogens (tertiary/aromatic N) is 1. The van der Waals surface area contributed by atoms with Gasteiger partial charge in [-0.1, -0.05) is 26.0 Å². The molecule has 0 spiro atoms. The Morgan fingerprint density at radius 1 is 1.16 bits per heavy atom. The van der Waals surface area contributed by atoms with Crippen molar-refractivity contribution in [1.82, 2.24) is 5.32 Å². The normalized spacial score (nSPS) is 10.7. The van der Waals surface area contributed by atoms with Gasteiger partial charge in [0, 0.05) is 25.3 Å². The zero-order valence-electron chi connectivity index (χ0n) is 12.6. The Kier molecular flexibility index (Phi) is 7.53. The Hall–Kier alpha value is -1.06. The number of aliphatic hydroxyl groups is 1. The molecule has 0 bridgehead atoms. The maximum absolute atomic E-state index is 9.16. The summed E-state index contributed by atoms with van der Waals surface area (Å²) in [5.41, 5.74) is 3.86. The zero-order valence-corrected chi connectivity index (χ0v) is 12.6. The van der Waals surface area contributed by atoms with Gasteiger partial charge in [-0.15, -0.1) is 0 Å². The van der Waals surface area contributed by atoms with Crippen LogP contribution in [0.5, 0.6) is 0 Å². The highest BCUT2D eigenvalue weighted by Crippen LogP contribution is 2.21. The monoisotopic (exact) mass is 264 g/mol. The molecule has 1 rings (SSSR count). The van der Waals surface area contributed by atoms with Crippen LogP contribution in [0.3, 0.4) is 0 Å². The van der Waals surface area contributed by atoms with E-state index in [0.29, 0.717) is 6.54 Å². The van der Waals surface area contributed by atoms with Crippen LogP contribution in [0.15, 0.2) is 18.2 Å². The van der Waals surface area contributed by atoms with Crippen molar-refractivity contribution in [3.05, 3.63) is 29.3 Å². The molecule has 0 atom stereocenters. The Labute approximate surface area is 117 Å². The van der Waals surface area contributed by atoms with Crippen molar-refractivity contribution in [2.24, 2.45) is 0 Å². The minimum absolute atomic E-state index is 0.208. The number of aryl methyl sites for hydroxylation is 1. The third-order valence-corrected chi connectivity index (χ3v) is 3.22. The van der Waals surface area contributed by atoms with Gasteiger partial charge in [-0.25, -0.2) is 0 Å². The first-order valence-electron chi connectivity index (χ1n) is 7.39. The van der Waals surface area contributed by atoms with E-state index < -0.39 is 0 Å². The van der Waals surface area contributed by atoms with Crippen molar-refractivity contribution < 1.29 is 5.11 Å². The van der Waals surface area contributed by atoms with Crippen LogP contribution >= 0.6 is 0 Å². The molecule has 0 fully saturated rings. The van der Waals surface area contributed by atoms with E-state index in [0.717, 1.165) is 32.5 Å². The Balaban J connectivity index is 2.73. The number of aliphatic hydroxyl groups excluding tert-OH is 1. The Morgan fingerprint density at radius 3 is 2.53 bits per heavy atom. The third-order valence-electron chi connectivity index (χ3n) is 3.22. The lowest BCUT2D eigenvalue weighted by molar-refractivity contribution is 0.302. The van der Waals surface area contributed by atoms with E-state index in [-0.39, 0.29) is 6.61 Å². The quantitative estimate of drug-likeness (QED) is 0.673. The summed E-state index contributed by atoms with van der Waals surface area (Å²) in [7, 11) is 0. The number of anilines is 1. The van der Waals surface area contributed by atoms with Crippen molar-refractivity contribution >= 4 is 5.69 Å². The van der Waals surface area contributed by atoms with Gasteiger partial charge in [-0.05, 0) is 43.5 Å². The minimum atomic E-state index is 0.208. The zero-order chi connectivity index (χ0) is 14.1. The predicted molar refractivity (Wildman–Crippen MR) is 82.8 cm³/mol. The molecule has 0 aliphatic heterocycles. The molecule has 0 aliphatic rings. The van der Waals surface area contributed by atoms with Crippen LogP contribution in [0.2, 0.25) is 0 Å². The maximum atomic E-state index is 9.16. The van der Waals surface area contributed by atoms with Crippen LogP contribution in [0.25, 0.3) is 0 Å². The number of benzene rings is 1. The molecule has 3 nitrogen and oxygen atoms in total. The maximum Gasteiger partial charge on any atom is 0.0606 e. The smallest absolute Gasteiger partial charge is 0.0606 e. The SMILES string of the molecule is CCCNCc1ccc(N(CCC)CCO)c(C)c1. The van der Waals surface area contributed by atoms with E-state index in [2.05, 4.69) is 49.2 Å². The lowest BCUT2D eigenvalue weighted by Gasteiger charge is -2.25. The summed E-state index contributed by atoms with van der Waals surface area (Å²) in [6.45, 7) is 10.4. The first kappa shape index (κ1) is 16.0. The number of hydrogen-bond acceptors (Lipinski definition) is 3. The summed E-state index contributed by atoms with van der Waals surface area (Å²) in [4.78, 5) is 2.26. The van der Waals surface area contributed by atoms with Crippen molar-refractivity contribution in [3.8, 4) is 0 Å². The average Bonchev–Trinajstić information content (AvgIpc) is 2.39. The molecule has 108 valence electrons. The molecular weight excluding hydrogens is 236 g/mol. The van der Waals surface area contributed by atoms with Gasteiger partial charge < -0.3 is 15.3 Å². The van der Waals surface area contributed by atoms with Gasteiger partial charge in [0.15, 0.2) is 0 Å². The molecule has 1 aromatic rings. The fourth-order valence-electron chi connectivity index (χ4n) is 2.34. The molecule has 1 aromatic carbocycles. The second-order valence-electron chi connectivity index (χ2n) is 5.01. The van der Waals surface area contributed by atoms with Crippen LogP contribution in [0.1, 0.15) is 37.8 Å². The van der Waals surface area contributed by atoms with Gasteiger partial charge in [0.1, 0.15) is 0 Å². The van der Waals surface area contributed by atoms with E-state index >= 15 is 0 Å². The van der Waals surface area contributed by atoms with Gasteiger partial charge in [0.25, 0.3) is 0 Å². The first-order chi connectivity index (χ1) is 9.22. The lowest BCUT2D eigenvalue weighted by Crippen LogP contribution is -2.28. The highest BCUT2D eigenvalue weighted by molar-refractivity contribution is 5.54. The van der Waals surface area contributed by atoms with Gasteiger partial charge in [0.2, 0.25) is 0 Å². The van der Waals surface area contributed by atoms with Gasteiger partial charge in [-0.3, -0.25) is 0 Å². The summed E-state index contributed by atoms with van der Waals surface area (Å²) in [5.74, 6) is 0. The average molecular weight is 264 g/mol. The summed E-state index contributed by atoms with van der Waals surface area (Å²) in [5, 5.41) is 12.6. The molecule has 19 heavy (non-hydrogen) atoms. The summed E-state index contributed by atoms with van der Waals surface area (Å²) >= 11 is 0. The second kappa shape index (κ2) is 8.94. The van der Waals surface area contributed by atoms with Gasteiger partial charge in [-0.2, -0.15) is 0 Å².